The lowest BCUT2D eigenvalue weighted by atomic mass is 9.85. The van der Waals surface area contributed by atoms with Crippen molar-refractivity contribution in [1.82, 2.24) is 0 Å². The van der Waals surface area contributed by atoms with Gasteiger partial charge in [0, 0.05) is 0 Å². The van der Waals surface area contributed by atoms with Crippen LogP contribution in [0.5, 0.6) is 0 Å². The third kappa shape index (κ3) is 4.18. The van der Waals surface area contributed by atoms with Gasteiger partial charge in [0.1, 0.15) is 0 Å². The highest BCUT2D eigenvalue weighted by atomic mass is 14.3. The fourth-order valence-corrected chi connectivity index (χ4v) is 4.91. The fraction of sp³-hybridized carbons (Fsp3) is 0.212. The molecular formula is C33H32. The molecule has 0 aliphatic heterocycles. The predicted octanol–water partition coefficient (Wildman–Crippen LogP) is 9.36. The molecule has 0 radical (unpaired) electrons. The van der Waals surface area contributed by atoms with Gasteiger partial charge in [0.15, 0.2) is 0 Å². The molecule has 0 fully saturated rings. The Morgan fingerprint density at radius 1 is 0.576 bits per heavy atom. The van der Waals surface area contributed by atoms with Crippen molar-refractivity contribution < 1.29 is 0 Å². The number of hydrogen-bond donors (Lipinski definition) is 0. The van der Waals surface area contributed by atoms with E-state index in [0.29, 0.717) is 11.8 Å². The Morgan fingerprint density at radius 2 is 1.15 bits per heavy atom. The van der Waals surface area contributed by atoms with Gasteiger partial charge in [0.2, 0.25) is 0 Å². The van der Waals surface area contributed by atoms with Crippen LogP contribution in [0, 0.1) is 0 Å². The highest BCUT2D eigenvalue weighted by molar-refractivity contribution is 5.99. The van der Waals surface area contributed by atoms with Crippen molar-refractivity contribution >= 4 is 11.6 Å². The van der Waals surface area contributed by atoms with Crippen molar-refractivity contribution in [3.8, 4) is 22.3 Å². The van der Waals surface area contributed by atoms with E-state index in [1.54, 1.807) is 0 Å². The largest absolute Gasteiger partial charge is 0.0622 e. The number of allylic oxidation sites excluding steroid dienone is 1. The topological polar surface area (TPSA) is 0 Å². The molecule has 0 heterocycles. The van der Waals surface area contributed by atoms with Crippen LogP contribution >= 0.6 is 0 Å². The Morgan fingerprint density at radius 3 is 1.73 bits per heavy atom. The molecule has 0 bridgehead atoms. The molecular weight excluding hydrogens is 396 g/mol. The highest BCUT2D eigenvalue weighted by Crippen LogP contribution is 2.44. The van der Waals surface area contributed by atoms with Crippen LogP contribution in [0.2, 0.25) is 0 Å². The maximum absolute atomic E-state index is 2.43. The van der Waals surface area contributed by atoms with Crippen LogP contribution in [0.15, 0.2) is 91.0 Å². The van der Waals surface area contributed by atoms with E-state index in [2.05, 4.69) is 125 Å². The Hall–Kier alpha value is -3.38. The first-order valence-electron chi connectivity index (χ1n) is 12.1. The Labute approximate surface area is 198 Å². The molecule has 5 rings (SSSR count). The van der Waals surface area contributed by atoms with Crippen LogP contribution < -0.4 is 0 Å². The smallest absolute Gasteiger partial charge is 0.00134 e. The van der Waals surface area contributed by atoms with Crippen molar-refractivity contribution in [2.75, 3.05) is 0 Å². The fourth-order valence-electron chi connectivity index (χ4n) is 4.91. The zero-order chi connectivity index (χ0) is 22.9. The van der Waals surface area contributed by atoms with Gasteiger partial charge in [-0.3, -0.25) is 0 Å². The second kappa shape index (κ2) is 8.87. The molecule has 4 aromatic rings. The number of benzene rings is 4. The average molecular weight is 429 g/mol. The normalized spacial score (nSPS) is 12.8. The summed E-state index contributed by atoms with van der Waals surface area (Å²) in [5.74, 6) is 0.990. The molecule has 1 aliphatic rings. The standard InChI is InChI=1S/C33H32/c1-22(2)27-18-28(23(3)4)20-30(19-27)33-31(25-13-9-6-10-14-25)16-15-26-17-29(21-32(26)33)24-11-7-5-8-12-24/h5-16,18-23H,17H2,1-4H3. The lowest BCUT2D eigenvalue weighted by Crippen LogP contribution is -1.98. The molecule has 0 spiro atoms. The molecule has 0 aromatic heterocycles. The zero-order valence-electron chi connectivity index (χ0n) is 20.1. The molecule has 0 saturated heterocycles. The van der Waals surface area contributed by atoms with Crippen LogP contribution in [0.4, 0.5) is 0 Å². The minimum Gasteiger partial charge on any atom is -0.0622 e. The summed E-state index contributed by atoms with van der Waals surface area (Å²) in [5, 5.41) is 0. The molecule has 0 saturated carbocycles. The third-order valence-electron chi connectivity index (χ3n) is 6.86. The molecule has 1 aliphatic carbocycles. The summed E-state index contributed by atoms with van der Waals surface area (Å²) in [7, 11) is 0. The molecule has 0 nitrogen and oxygen atoms in total. The van der Waals surface area contributed by atoms with Crippen LogP contribution in [0.3, 0.4) is 0 Å². The quantitative estimate of drug-likeness (QED) is 0.297. The van der Waals surface area contributed by atoms with Gasteiger partial charge in [-0.25, -0.2) is 0 Å². The molecule has 164 valence electrons. The van der Waals surface area contributed by atoms with Gasteiger partial charge in [-0.1, -0.05) is 119 Å². The van der Waals surface area contributed by atoms with E-state index in [4.69, 9.17) is 0 Å². The van der Waals surface area contributed by atoms with E-state index in [0.717, 1.165) is 6.42 Å². The van der Waals surface area contributed by atoms with Crippen LogP contribution in [0.1, 0.15) is 67.3 Å². The number of fused-ring (bicyclic) bond motifs is 1. The minimum absolute atomic E-state index is 0.495. The van der Waals surface area contributed by atoms with Crippen molar-refractivity contribution in [1.29, 1.82) is 0 Å². The summed E-state index contributed by atoms with van der Waals surface area (Å²) in [5.41, 5.74) is 13.7. The lowest BCUT2D eigenvalue weighted by Gasteiger charge is -2.19. The molecule has 0 atom stereocenters. The van der Waals surface area contributed by atoms with Gasteiger partial charge in [-0.05, 0) is 80.0 Å². The van der Waals surface area contributed by atoms with Crippen LogP contribution in [-0.4, -0.2) is 0 Å². The first kappa shape index (κ1) is 21.5. The Kier molecular flexibility index (Phi) is 5.77. The van der Waals surface area contributed by atoms with Crippen molar-refractivity contribution in [3.05, 3.63) is 119 Å². The van der Waals surface area contributed by atoms with E-state index < -0.39 is 0 Å². The van der Waals surface area contributed by atoms with E-state index >= 15 is 0 Å². The van der Waals surface area contributed by atoms with Gasteiger partial charge in [0.05, 0.1) is 0 Å². The Balaban J connectivity index is 1.78. The van der Waals surface area contributed by atoms with Crippen molar-refractivity contribution in [2.24, 2.45) is 0 Å². The minimum atomic E-state index is 0.495. The second-order valence-electron chi connectivity index (χ2n) is 9.84. The molecule has 4 aromatic carbocycles. The zero-order valence-corrected chi connectivity index (χ0v) is 20.1. The van der Waals surface area contributed by atoms with Crippen LogP contribution in [-0.2, 0) is 6.42 Å². The predicted molar refractivity (Wildman–Crippen MR) is 144 cm³/mol. The Bertz CT molecular complexity index is 1280. The summed E-state index contributed by atoms with van der Waals surface area (Å²) < 4.78 is 0. The van der Waals surface area contributed by atoms with Gasteiger partial charge < -0.3 is 0 Å². The maximum Gasteiger partial charge on any atom is -0.00134 e. The average Bonchev–Trinajstić information content (AvgIpc) is 3.28. The van der Waals surface area contributed by atoms with Gasteiger partial charge >= 0.3 is 0 Å². The lowest BCUT2D eigenvalue weighted by molar-refractivity contribution is 0.834. The number of hydrogen-bond acceptors (Lipinski definition) is 0. The molecule has 0 unspecified atom stereocenters. The molecule has 0 amide bonds. The van der Waals surface area contributed by atoms with Gasteiger partial charge in [0.25, 0.3) is 0 Å². The second-order valence-corrected chi connectivity index (χ2v) is 9.84. The first-order chi connectivity index (χ1) is 16.0. The summed E-state index contributed by atoms with van der Waals surface area (Å²) in [6.07, 6.45) is 3.42. The van der Waals surface area contributed by atoms with Crippen LogP contribution in [0.25, 0.3) is 33.9 Å². The highest BCUT2D eigenvalue weighted by Gasteiger charge is 2.22. The van der Waals surface area contributed by atoms with Crippen molar-refractivity contribution in [2.45, 2.75) is 46.0 Å². The van der Waals surface area contributed by atoms with E-state index in [1.165, 1.54) is 55.6 Å². The summed E-state index contributed by atoms with van der Waals surface area (Å²) in [6.45, 7) is 9.18. The van der Waals surface area contributed by atoms with Gasteiger partial charge in [-0.15, -0.1) is 0 Å². The maximum atomic E-state index is 2.43. The molecule has 0 N–H and O–H groups in total. The van der Waals surface area contributed by atoms with Gasteiger partial charge in [-0.2, -0.15) is 0 Å². The van der Waals surface area contributed by atoms with Crippen molar-refractivity contribution in [3.63, 3.8) is 0 Å². The molecule has 33 heavy (non-hydrogen) atoms. The monoisotopic (exact) mass is 428 g/mol. The molecule has 0 heteroatoms. The number of rotatable bonds is 5. The van der Waals surface area contributed by atoms with E-state index in [1.807, 2.05) is 0 Å². The summed E-state index contributed by atoms with van der Waals surface area (Å²) in [6, 6.07) is 33.6. The van der Waals surface area contributed by atoms with E-state index in [-0.39, 0.29) is 0 Å². The summed E-state index contributed by atoms with van der Waals surface area (Å²) in [4.78, 5) is 0. The SMILES string of the molecule is CC(C)c1cc(-c2c(-c3ccccc3)ccc3c2C=C(c2ccccc2)C3)cc(C(C)C)c1. The van der Waals surface area contributed by atoms with E-state index in [9.17, 15) is 0 Å². The third-order valence-corrected chi connectivity index (χ3v) is 6.86. The summed E-state index contributed by atoms with van der Waals surface area (Å²) >= 11 is 0. The first-order valence-corrected chi connectivity index (χ1v) is 12.1.